The first kappa shape index (κ1) is 15.7. The van der Waals surface area contributed by atoms with E-state index in [0.717, 1.165) is 16.5 Å². The molecule has 0 bridgehead atoms. The number of ketones is 1. The van der Waals surface area contributed by atoms with E-state index in [1.807, 2.05) is 43.3 Å². The maximum absolute atomic E-state index is 12.6. The molecule has 120 valence electrons. The summed E-state index contributed by atoms with van der Waals surface area (Å²) >= 11 is 0. The second-order valence-corrected chi connectivity index (χ2v) is 5.85. The van der Waals surface area contributed by atoms with Crippen LogP contribution in [-0.2, 0) is 0 Å². The van der Waals surface area contributed by atoms with Gasteiger partial charge in [-0.1, -0.05) is 30.3 Å². The lowest BCUT2D eigenvalue weighted by Gasteiger charge is -2.13. The topological polar surface area (TPSA) is 57.6 Å². The van der Waals surface area contributed by atoms with E-state index in [2.05, 4.69) is 6.07 Å². The number of rotatable bonds is 4. The number of hydrogen-bond acceptors (Lipinski definition) is 3. The molecule has 0 saturated carbocycles. The Kier molecular flexibility index (Phi) is 4.04. The van der Waals surface area contributed by atoms with Gasteiger partial charge < -0.3 is 10.0 Å². The second-order valence-electron chi connectivity index (χ2n) is 5.85. The Labute approximate surface area is 140 Å². The molecule has 0 amide bonds. The van der Waals surface area contributed by atoms with Crippen LogP contribution in [0.15, 0.2) is 60.7 Å². The van der Waals surface area contributed by atoms with Gasteiger partial charge in [-0.3, -0.25) is 4.79 Å². The standard InChI is InChI=1S/C20H17NO3/c1-21(2)18-10-9-15-11-17(8-7-16(15)12-18)19(22)13-3-5-14(6-4-13)20(23)24/h3-12H,1-2H3,(H,23,24). The van der Waals surface area contributed by atoms with Crippen molar-refractivity contribution >= 4 is 28.2 Å². The van der Waals surface area contributed by atoms with Gasteiger partial charge in [0, 0.05) is 30.9 Å². The molecule has 0 aliphatic carbocycles. The number of carbonyl (C=O) groups is 2. The Morgan fingerprint density at radius 3 is 1.92 bits per heavy atom. The summed E-state index contributed by atoms with van der Waals surface area (Å²) in [5, 5.41) is 11.0. The lowest BCUT2D eigenvalue weighted by Crippen LogP contribution is -2.08. The fourth-order valence-corrected chi connectivity index (χ4v) is 2.58. The van der Waals surface area contributed by atoms with Crippen molar-refractivity contribution in [2.45, 2.75) is 0 Å². The molecular weight excluding hydrogens is 302 g/mol. The molecule has 0 aliphatic heterocycles. The first-order chi connectivity index (χ1) is 11.5. The van der Waals surface area contributed by atoms with Gasteiger partial charge in [0.15, 0.2) is 5.78 Å². The first-order valence-electron chi connectivity index (χ1n) is 7.55. The maximum atomic E-state index is 12.6. The van der Waals surface area contributed by atoms with E-state index < -0.39 is 5.97 Å². The van der Waals surface area contributed by atoms with Crippen LogP contribution in [0.5, 0.6) is 0 Å². The molecule has 3 aromatic carbocycles. The molecule has 0 fully saturated rings. The zero-order chi connectivity index (χ0) is 17.3. The lowest BCUT2D eigenvalue weighted by molar-refractivity contribution is 0.0696. The number of carboxylic acids is 1. The number of benzene rings is 3. The third kappa shape index (κ3) is 2.99. The molecule has 3 rings (SSSR count). The average molecular weight is 319 g/mol. The molecule has 0 unspecified atom stereocenters. The SMILES string of the molecule is CN(C)c1ccc2cc(C(=O)c3ccc(C(=O)O)cc3)ccc2c1. The molecule has 24 heavy (non-hydrogen) atoms. The second kappa shape index (κ2) is 6.16. The van der Waals surface area contributed by atoms with Crippen LogP contribution in [0.1, 0.15) is 26.3 Å². The summed E-state index contributed by atoms with van der Waals surface area (Å²) in [5.41, 5.74) is 2.33. The molecule has 0 aromatic heterocycles. The zero-order valence-electron chi connectivity index (χ0n) is 13.5. The average Bonchev–Trinajstić information content (AvgIpc) is 2.60. The maximum Gasteiger partial charge on any atom is 0.335 e. The van der Waals surface area contributed by atoms with Crippen molar-refractivity contribution in [3.05, 3.63) is 77.4 Å². The molecule has 0 spiro atoms. The van der Waals surface area contributed by atoms with Crippen LogP contribution >= 0.6 is 0 Å². The largest absolute Gasteiger partial charge is 0.478 e. The minimum absolute atomic E-state index is 0.120. The van der Waals surface area contributed by atoms with E-state index in [0.29, 0.717) is 11.1 Å². The predicted octanol–water partition coefficient (Wildman–Crippen LogP) is 3.84. The molecule has 3 aromatic rings. The molecule has 0 heterocycles. The Bertz CT molecular complexity index is 927. The van der Waals surface area contributed by atoms with E-state index in [1.54, 1.807) is 18.2 Å². The van der Waals surface area contributed by atoms with Crippen LogP contribution in [-0.4, -0.2) is 31.0 Å². The Balaban J connectivity index is 1.95. The summed E-state index contributed by atoms with van der Waals surface area (Å²) in [7, 11) is 3.97. The highest BCUT2D eigenvalue weighted by atomic mass is 16.4. The van der Waals surface area contributed by atoms with Crippen molar-refractivity contribution in [2.75, 3.05) is 19.0 Å². The van der Waals surface area contributed by atoms with Crippen LogP contribution in [0.2, 0.25) is 0 Å². The van der Waals surface area contributed by atoms with Crippen molar-refractivity contribution in [1.29, 1.82) is 0 Å². The van der Waals surface area contributed by atoms with E-state index in [4.69, 9.17) is 5.11 Å². The van der Waals surface area contributed by atoms with E-state index in [1.165, 1.54) is 12.1 Å². The number of aromatic carboxylic acids is 1. The number of nitrogens with zero attached hydrogens (tertiary/aromatic N) is 1. The highest BCUT2D eigenvalue weighted by Gasteiger charge is 2.11. The van der Waals surface area contributed by atoms with Gasteiger partial charge in [-0.25, -0.2) is 4.79 Å². The summed E-state index contributed by atoms with van der Waals surface area (Å²) in [4.78, 5) is 25.5. The van der Waals surface area contributed by atoms with Gasteiger partial charge in [-0.15, -0.1) is 0 Å². The smallest absolute Gasteiger partial charge is 0.335 e. The van der Waals surface area contributed by atoms with Crippen LogP contribution < -0.4 is 4.90 Å². The van der Waals surface area contributed by atoms with Crippen molar-refractivity contribution in [2.24, 2.45) is 0 Å². The third-order valence-corrected chi connectivity index (χ3v) is 4.00. The van der Waals surface area contributed by atoms with Crippen LogP contribution in [0.25, 0.3) is 10.8 Å². The highest BCUT2D eigenvalue weighted by Crippen LogP contribution is 2.23. The van der Waals surface area contributed by atoms with E-state index >= 15 is 0 Å². The summed E-state index contributed by atoms with van der Waals surface area (Å²) in [6.45, 7) is 0. The Morgan fingerprint density at radius 2 is 1.29 bits per heavy atom. The van der Waals surface area contributed by atoms with Gasteiger partial charge in [0.1, 0.15) is 0 Å². The minimum atomic E-state index is -1.00. The number of fused-ring (bicyclic) bond motifs is 1. The summed E-state index contributed by atoms with van der Waals surface area (Å²) in [5.74, 6) is -1.12. The zero-order valence-corrected chi connectivity index (χ0v) is 13.5. The monoisotopic (exact) mass is 319 g/mol. The Morgan fingerprint density at radius 1 is 0.750 bits per heavy atom. The van der Waals surface area contributed by atoms with Crippen LogP contribution in [0, 0.1) is 0 Å². The molecule has 0 atom stereocenters. The van der Waals surface area contributed by atoms with Gasteiger partial charge in [-0.05, 0) is 41.1 Å². The summed E-state index contributed by atoms with van der Waals surface area (Å²) in [6, 6.07) is 17.7. The molecule has 0 aliphatic rings. The molecule has 0 radical (unpaired) electrons. The molecule has 1 N–H and O–H groups in total. The fraction of sp³-hybridized carbons (Fsp3) is 0.100. The Hall–Kier alpha value is -3.14. The van der Waals surface area contributed by atoms with Gasteiger partial charge in [-0.2, -0.15) is 0 Å². The molecule has 4 heteroatoms. The third-order valence-electron chi connectivity index (χ3n) is 4.00. The molecule has 0 saturated heterocycles. The van der Waals surface area contributed by atoms with E-state index in [9.17, 15) is 9.59 Å². The fourth-order valence-electron chi connectivity index (χ4n) is 2.58. The van der Waals surface area contributed by atoms with Crippen LogP contribution in [0.4, 0.5) is 5.69 Å². The first-order valence-corrected chi connectivity index (χ1v) is 7.55. The van der Waals surface area contributed by atoms with Gasteiger partial charge in [0.05, 0.1) is 5.56 Å². The quantitative estimate of drug-likeness (QED) is 0.742. The number of anilines is 1. The van der Waals surface area contributed by atoms with Gasteiger partial charge >= 0.3 is 5.97 Å². The number of carbonyl (C=O) groups excluding carboxylic acids is 1. The summed E-state index contributed by atoms with van der Waals surface area (Å²) < 4.78 is 0. The number of hydrogen-bond donors (Lipinski definition) is 1. The van der Waals surface area contributed by atoms with Crippen molar-refractivity contribution < 1.29 is 14.7 Å². The highest BCUT2D eigenvalue weighted by molar-refractivity contribution is 6.11. The number of carboxylic acid groups (broad SMARTS) is 1. The molecular formula is C20H17NO3. The van der Waals surface area contributed by atoms with E-state index in [-0.39, 0.29) is 11.3 Å². The predicted molar refractivity (Wildman–Crippen MR) is 95.1 cm³/mol. The van der Waals surface area contributed by atoms with Gasteiger partial charge in [0.2, 0.25) is 0 Å². The van der Waals surface area contributed by atoms with Gasteiger partial charge in [0.25, 0.3) is 0 Å². The van der Waals surface area contributed by atoms with Crippen LogP contribution in [0.3, 0.4) is 0 Å². The molecule has 4 nitrogen and oxygen atoms in total. The lowest BCUT2D eigenvalue weighted by atomic mass is 9.99. The van der Waals surface area contributed by atoms with Crippen molar-refractivity contribution in [1.82, 2.24) is 0 Å². The summed E-state index contributed by atoms with van der Waals surface area (Å²) in [6.07, 6.45) is 0. The minimum Gasteiger partial charge on any atom is -0.478 e. The van der Waals surface area contributed by atoms with Crippen molar-refractivity contribution in [3.8, 4) is 0 Å². The van der Waals surface area contributed by atoms with Crippen molar-refractivity contribution in [3.63, 3.8) is 0 Å². The normalized spacial score (nSPS) is 10.6.